The van der Waals surface area contributed by atoms with Gasteiger partial charge in [0.15, 0.2) is 0 Å². The van der Waals surface area contributed by atoms with Gasteiger partial charge in [-0.05, 0) is 55.3 Å². The minimum atomic E-state index is -0.789. The largest absolute Gasteiger partial charge is 0.370 e. The summed E-state index contributed by atoms with van der Waals surface area (Å²) in [6.07, 6.45) is 1.22. The summed E-state index contributed by atoms with van der Waals surface area (Å²) >= 11 is 5.88. The number of anilines is 3. The molecule has 2 aromatic carbocycles. The summed E-state index contributed by atoms with van der Waals surface area (Å²) in [7, 11) is 0. The predicted molar refractivity (Wildman–Crippen MR) is 123 cm³/mol. The summed E-state index contributed by atoms with van der Waals surface area (Å²) in [6, 6.07) is 10.4. The molecule has 2 N–H and O–H groups in total. The number of nitrogens with zero attached hydrogens (tertiary/aromatic N) is 2. The van der Waals surface area contributed by atoms with E-state index in [1.165, 1.54) is 15.9 Å². The number of alkyl halides is 1. The van der Waals surface area contributed by atoms with E-state index < -0.39 is 12.7 Å². The van der Waals surface area contributed by atoms with Crippen molar-refractivity contribution in [3.63, 3.8) is 0 Å². The molecular formula is C23H24ClFN4O4. The molecule has 0 unspecified atom stereocenters. The maximum Gasteiger partial charge on any atom is 0.322 e. The van der Waals surface area contributed by atoms with Crippen molar-refractivity contribution in [3.8, 4) is 0 Å². The molecule has 4 rings (SSSR count). The number of urea groups is 1. The third kappa shape index (κ3) is 5.26. The van der Waals surface area contributed by atoms with Gasteiger partial charge in [-0.15, -0.1) is 0 Å². The second kappa shape index (κ2) is 10.2. The molecule has 33 heavy (non-hydrogen) atoms. The molecule has 2 heterocycles. The van der Waals surface area contributed by atoms with E-state index in [0.29, 0.717) is 60.2 Å². The summed E-state index contributed by atoms with van der Waals surface area (Å²) in [5.74, 6) is -0.584. The third-order valence-electron chi connectivity index (χ3n) is 5.68. The van der Waals surface area contributed by atoms with E-state index in [2.05, 4.69) is 10.6 Å². The van der Waals surface area contributed by atoms with Crippen LogP contribution in [-0.4, -0.2) is 55.1 Å². The minimum Gasteiger partial charge on any atom is -0.370 e. The highest BCUT2D eigenvalue weighted by molar-refractivity contribution is 6.30. The van der Waals surface area contributed by atoms with Gasteiger partial charge in [0, 0.05) is 40.7 Å². The molecule has 2 aromatic rings. The fraction of sp³-hybridized carbons (Fsp3) is 0.348. The maximum absolute atomic E-state index is 13.7. The van der Waals surface area contributed by atoms with Crippen LogP contribution in [0.3, 0.4) is 0 Å². The fourth-order valence-electron chi connectivity index (χ4n) is 4.04. The number of carbonyl (C=O) groups is 3. The first-order valence-corrected chi connectivity index (χ1v) is 11.0. The number of ether oxygens (including phenoxy) is 1. The molecule has 8 nitrogen and oxygen atoms in total. The number of carbonyl (C=O) groups excluding carboxylic acids is 3. The number of morpholine rings is 1. The van der Waals surface area contributed by atoms with Gasteiger partial charge in [0.05, 0.1) is 6.61 Å². The smallest absolute Gasteiger partial charge is 0.322 e. The number of nitrogens with one attached hydrogen (secondary N) is 2. The molecule has 174 valence electrons. The second-order valence-corrected chi connectivity index (χ2v) is 8.29. The van der Waals surface area contributed by atoms with E-state index in [0.717, 1.165) is 0 Å². The Labute approximate surface area is 195 Å². The zero-order valence-corrected chi connectivity index (χ0v) is 18.6. The molecule has 0 aromatic heterocycles. The van der Waals surface area contributed by atoms with Gasteiger partial charge in [-0.2, -0.15) is 0 Å². The SMILES string of the molecule is O=C(Nc1ccc(N2CCOCC2=O)c(CF)c1)[C@H]1CCCN1C(=O)Nc1ccc(Cl)cc1. The Morgan fingerprint density at radius 2 is 1.85 bits per heavy atom. The van der Waals surface area contributed by atoms with Crippen LogP contribution in [0, 0.1) is 0 Å². The molecule has 2 fully saturated rings. The van der Waals surface area contributed by atoms with Gasteiger partial charge in [-0.1, -0.05) is 11.6 Å². The van der Waals surface area contributed by atoms with Crippen molar-refractivity contribution in [3.05, 3.63) is 53.1 Å². The molecule has 2 aliphatic heterocycles. The number of hydrogen-bond acceptors (Lipinski definition) is 4. The summed E-state index contributed by atoms with van der Waals surface area (Å²) in [4.78, 5) is 40.7. The monoisotopic (exact) mass is 474 g/mol. The van der Waals surface area contributed by atoms with Crippen LogP contribution in [0.15, 0.2) is 42.5 Å². The summed E-state index contributed by atoms with van der Waals surface area (Å²) < 4.78 is 18.9. The van der Waals surface area contributed by atoms with Gasteiger partial charge in [-0.3, -0.25) is 9.59 Å². The van der Waals surface area contributed by atoms with E-state index in [4.69, 9.17) is 16.3 Å². The van der Waals surface area contributed by atoms with E-state index in [9.17, 15) is 18.8 Å². The number of likely N-dealkylation sites (tertiary alicyclic amines) is 1. The highest BCUT2D eigenvalue weighted by Crippen LogP contribution is 2.28. The molecule has 0 saturated carbocycles. The van der Waals surface area contributed by atoms with Gasteiger partial charge >= 0.3 is 6.03 Å². The maximum atomic E-state index is 13.7. The molecule has 1 atom stereocenters. The fourth-order valence-corrected chi connectivity index (χ4v) is 4.17. The number of benzene rings is 2. The number of rotatable bonds is 5. The van der Waals surface area contributed by atoms with Crippen molar-refractivity contribution >= 4 is 46.5 Å². The van der Waals surface area contributed by atoms with Gasteiger partial charge < -0.3 is 25.2 Å². The average Bonchev–Trinajstić information content (AvgIpc) is 3.31. The predicted octanol–water partition coefficient (Wildman–Crippen LogP) is 3.81. The third-order valence-corrected chi connectivity index (χ3v) is 5.93. The van der Waals surface area contributed by atoms with Crippen molar-refractivity contribution in [2.45, 2.75) is 25.6 Å². The van der Waals surface area contributed by atoms with Crippen molar-refractivity contribution in [2.75, 3.05) is 41.8 Å². The molecule has 0 spiro atoms. The van der Waals surface area contributed by atoms with Gasteiger partial charge in [-0.25, -0.2) is 9.18 Å². The van der Waals surface area contributed by atoms with Gasteiger partial charge in [0.25, 0.3) is 5.91 Å². The molecule has 2 aliphatic rings. The summed E-state index contributed by atoms with van der Waals surface area (Å²) in [5.41, 5.74) is 1.75. The second-order valence-electron chi connectivity index (χ2n) is 7.85. The quantitative estimate of drug-likeness (QED) is 0.689. The zero-order valence-electron chi connectivity index (χ0n) is 17.9. The minimum absolute atomic E-state index is 0.0419. The summed E-state index contributed by atoms with van der Waals surface area (Å²) in [5, 5.41) is 6.12. The van der Waals surface area contributed by atoms with E-state index in [1.54, 1.807) is 36.4 Å². The van der Waals surface area contributed by atoms with Crippen LogP contribution in [0.1, 0.15) is 18.4 Å². The van der Waals surface area contributed by atoms with Crippen LogP contribution in [0.5, 0.6) is 0 Å². The van der Waals surface area contributed by atoms with Crippen LogP contribution < -0.4 is 15.5 Å². The first-order valence-electron chi connectivity index (χ1n) is 10.7. The standard InChI is InChI=1S/C23H24ClFN4O4/c24-16-3-5-17(6-4-16)27-23(32)29-9-1-2-20(29)22(31)26-18-7-8-19(15(12-18)13-25)28-10-11-33-14-21(28)30/h3-8,12,20H,1-2,9-11,13-14H2,(H,26,31)(H,27,32)/t20-/m1/s1. The lowest BCUT2D eigenvalue weighted by molar-refractivity contribution is -0.125. The topological polar surface area (TPSA) is 91.0 Å². The number of halogens is 2. The Morgan fingerprint density at radius 1 is 1.09 bits per heavy atom. The Kier molecular flexibility index (Phi) is 7.10. The average molecular weight is 475 g/mol. The van der Waals surface area contributed by atoms with Crippen LogP contribution >= 0.6 is 11.6 Å². The lowest BCUT2D eigenvalue weighted by Crippen LogP contribution is -2.45. The van der Waals surface area contributed by atoms with E-state index in [1.807, 2.05) is 0 Å². The Morgan fingerprint density at radius 3 is 2.58 bits per heavy atom. The lowest BCUT2D eigenvalue weighted by atomic mass is 10.1. The van der Waals surface area contributed by atoms with Crippen LogP contribution in [0.2, 0.25) is 5.02 Å². The van der Waals surface area contributed by atoms with Crippen LogP contribution in [0.25, 0.3) is 0 Å². The van der Waals surface area contributed by atoms with Crippen LogP contribution in [0.4, 0.5) is 26.2 Å². The molecule has 2 saturated heterocycles. The molecule has 0 bridgehead atoms. The normalized spacial score (nSPS) is 18.4. The molecule has 0 radical (unpaired) electrons. The van der Waals surface area contributed by atoms with Crippen molar-refractivity contribution in [1.82, 2.24) is 4.90 Å². The van der Waals surface area contributed by atoms with Gasteiger partial charge in [0.2, 0.25) is 5.91 Å². The zero-order chi connectivity index (χ0) is 23.4. The van der Waals surface area contributed by atoms with Crippen LogP contribution in [-0.2, 0) is 21.0 Å². The first-order chi connectivity index (χ1) is 16.0. The number of amides is 4. The number of hydrogen-bond donors (Lipinski definition) is 2. The van der Waals surface area contributed by atoms with Crippen molar-refractivity contribution in [2.24, 2.45) is 0 Å². The molecule has 10 heteroatoms. The Bertz CT molecular complexity index is 1050. The Balaban J connectivity index is 1.43. The van der Waals surface area contributed by atoms with Crippen molar-refractivity contribution < 1.29 is 23.5 Å². The molecule has 4 amide bonds. The lowest BCUT2D eigenvalue weighted by Gasteiger charge is -2.28. The summed E-state index contributed by atoms with van der Waals surface area (Å²) in [6.45, 7) is 0.344. The molecule has 0 aliphatic carbocycles. The Hall–Kier alpha value is -3.17. The van der Waals surface area contributed by atoms with Crippen molar-refractivity contribution in [1.29, 1.82) is 0 Å². The van der Waals surface area contributed by atoms with E-state index >= 15 is 0 Å². The van der Waals surface area contributed by atoms with E-state index in [-0.39, 0.29) is 24.5 Å². The van der Waals surface area contributed by atoms with Gasteiger partial charge in [0.1, 0.15) is 19.3 Å². The molecular weight excluding hydrogens is 451 g/mol. The highest BCUT2D eigenvalue weighted by Gasteiger charge is 2.34. The highest BCUT2D eigenvalue weighted by atomic mass is 35.5. The first kappa shape index (κ1) is 23.0.